The van der Waals surface area contributed by atoms with E-state index < -0.39 is 23.5 Å². The molecule has 2 aliphatic heterocycles. The van der Waals surface area contributed by atoms with Crippen LogP contribution in [0.15, 0.2) is 54.6 Å². The van der Waals surface area contributed by atoms with Crippen molar-refractivity contribution in [3.05, 3.63) is 65.8 Å². The topological polar surface area (TPSA) is 102 Å². The third-order valence-corrected chi connectivity index (χ3v) is 6.98. The zero-order chi connectivity index (χ0) is 27.9. The molecule has 4 rings (SSSR count). The fourth-order valence-corrected chi connectivity index (χ4v) is 4.90. The third kappa shape index (κ3) is 5.88. The van der Waals surface area contributed by atoms with Crippen molar-refractivity contribution in [3.63, 3.8) is 0 Å². The number of fused-ring (bicyclic) bond motifs is 1. The van der Waals surface area contributed by atoms with Gasteiger partial charge in [-0.15, -0.1) is 0 Å². The van der Waals surface area contributed by atoms with Crippen molar-refractivity contribution in [3.8, 4) is 23.0 Å². The smallest absolute Gasteiger partial charge is 0.295 e. The molecule has 1 amide bonds. The van der Waals surface area contributed by atoms with Crippen molar-refractivity contribution < 1.29 is 38.5 Å². The summed E-state index contributed by atoms with van der Waals surface area (Å²) in [5, 5.41) is 13.9. The maximum atomic E-state index is 13.9. The van der Waals surface area contributed by atoms with Crippen molar-refractivity contribution >= 4 is 17.4 Å². The Labute approximate surface area is 229 Å². The number of ketones is 1. The molecule has 2 aromatic rings. The summed E-state index contributed by atoms with van der Waals surface area (Å²) < 4.78 is 22.8. The molecule has 9 nitrogen and oxygen atoms in total. The normalized spacial score (nSPS) is 17.9. The van der Waals surface area contributed by atoms with E-state index in [1.54, 1.807) is 42.5 Å². The molecule has 1 atom stereocenters. The lowest BCUT2D eigenvalue weighted by atomic mass is 9.94. The van der Waals surface area contributed by atoms with E-state index in [9.17, 15) is 14.7 Å². The lowest BCUT2D eigenvalue weighted by Crippen LogP contribution is -3.12. The SMILES string of the molecule is C=CCOc1ccc(C2C(=C([O-])c3ccc4c(c3)OCCO4)C(=O)C(=O)N2CC[NH+](CC)CC)cc1OCC. The zero-order valence-electron chi connectivity index (χ0n) is 22.8. The molecule has 0 aromatic heterocycles. The van der Waals surface area contributed by atoms with Crippen LogP contribution < -0.4 is 29.0 Å². The second-order valence-corrected chi connectivity index (χ2v) is 9.28. The average Bonchev–Trinajstić information content (AvgIpc) is 3.21. The van der Waals surface area contributed by atoms with Crippen molar-refractivity contribution in [2.24, 2.45) is 0 Å². The maximum absolute atomic E-state index is 13.9. The molecule has 1 fully saturated rings. The van der Waals surface area contributed by atoms with Crippen LogP contribution in [-0.2, 0) is 9.59 Å². The van der Waals surface area contributed by atoms with Crippen LogP contribution >= 0.6 is 0 Å². The summed E-state index contributed by atoms with van der Waals surface area (Å²) in [7, 11) is 0. The molecule has 0 radical (unpaired) electrons. The number of quaternary nitrogens is 1. The van der Waals surface area contributed by atoms with Gasteiger partial charge in [-0.2, -0.15) is 0 Å². The number of amides is 1. The zero-order valence-corrected chi connectivity index (χ0v) is 22.8. The van der Waals surface area contributed by atoms with Gasteiger partial charge in [0.05, 0.1) is 38.8 Å². The highest BCUT2D eigenvalue weighted by Gasteiger charge is 2.44. The summed E-state index contributed by atoms with van der Waals surface area (Å²) in [6, 6.07) is 9.19. The molecule has 1 saturated heterocycles. The molecule has 0 spiro atoms. The molecule has 2 aliphatic rings. The van der Waals surface area contributed by atoms with Crippen LogP contribution in [0.5, 0.6) is 23.0 Å². The number of carbonyl (C=O) groups is 2. The summed E-state index contributed by atoms with van der Waals surface area (Å²) >= 11 is 0. The van der Waals surface area contributed by atoms with Gasteiger partial charge in [0.2, 0.25) is 5.78 Å². The van der Waals surface area contributed by atoms with Crippen molar-refractivity contribution in [2.75, 3.05) is 52.6 Å². The number of ether oxygens (including phenoxy) is 4. The summed E-state index contributed by atoms with van der Waals surface area (Å²) in [6.45, 7) is 13.9. The van der Waals surface area contributed by atoms with Crippen LogP contribution in [-0.4, -0.2) is 69.2 Å². The number of likely N-dealkylation sites (N-methyl/N-ethyl adjacent to an activating group) is 1. The molecule has 1 N–H and O–H groups in total. The van der Waals surface area contributed by atoms with E-state index in [1.165, 1.54) is 9.80 Å². The Morgan fingerprint density at radius 2 is 1.79 bits per heavy atom. The number of nitrogens with zero attached hydrogens (tertiary/aromatic N) is 1. The van der Waals surface area contributed by atoms with Gasteiger partial charge in [0.25, 0.3) is 5.91 Å². The fourth-order valence-electron chi connectivity index (χ4n) is 4.90. The van der Waals surface area contributed by atoms with Crippen LogP contribution in [0.3, 0.4) is 0 Å². The van der Waals surface area contributed by atoms with Crippen LogP contribution in [0.2, 0.25) is 0 Å². The van der Waals surface area contributed by atoms with Crippen LogP contribution in [0.25, 0.3) is 5.76 Å². The van der Waals surface area contributed by atoms with E-state index in [0.717, 1.165) is 13.1 Å². The predicted octanol–water partition coefficient (Wildman–Crippen LogP) is 1.57. The predicted molar refractivity (Wildman–Crippen MR) is 144 cm³/mol. The molecule has 0 bridgehead atoms. The Bertz CT molecular complexity index is 1250. The summed E-state index contributed by atoms with van der Waals surface area (Å²) in [5.74, 6) is -0.0485. The Hall–Kier alpha value is -3.98. The number of rotatable bonds is 12. The first-order valence-corrected chi connectivity index (χ1v) is 13.4. The molecule has 0 saturated carbocycles. The van der Waals surface area contributed by atoms with Crippen molar-refractivity contribution in [1.29, 1.82) is 0 Å². The number of benzene rings is 2. The maximum Gasteiger partial charge on any atom is 0.295 e. The highest BCUT2D eigenvalue weighted by molar-refractivity contribution is 6.46. The molecule has 1 unspecified atom stereocenters. The van der Waals surface area contributed by atoms with Gasteiger partial charge in [-0.3, -0.25) is 9.59 Å². The van der Waals surface area contributed by atoms with Crippen LogP contribution in [0.1, 0.15) is 37.9 Å². The largest absolute Gasteiger partial charge is 0.872 e. The number of Topliss-reactive ketones (excluding diaryl/α,β-unsaturated/α-hetero) is 1. The molecule has 9 heteroatoms. The number of carbonyl (C=O) groups excluding carboxylic acids is 2. The van der Waals surface area contributed by atoms with E-state index in [0.29, 0.717) is 68.1 Å². The van der Waals surface area contributed by atoms with Gasteiger partial charge in [-0.25, -0.2) is 0 Å². The molecule has 2 heterocycles. The van der Waals surface area contributed by atoms with Gasteiger partial charge >= 0.3 is 0 Å². The monoisotopic (exact) mass is 536 g/mol. The summed E-state index contributed by atoms with van der Waals surface area (Å²) in [5.41, 5.74) is 0.764. The standard InChI is InChI=1S/C30H36N2O7/c1-5-15-37-22-11-9-20(18-24(22)36-8-4)27-26(29(34)30(35)32(27)14-13-31(6-2)7-3)28(33)21-10-12-23-25(19-21)39-17-16-38-23/h5,9-12,18-19,27,33H,1,6-8,13-17H2,2-4H3. The van der Waals surface area contributed by atoms with Crippen molar-refractivity contribution in [2.45, 2.75) is 26.8 Å². The van der Waals surface area contributed by atoms with Gasteiger partial charge in [-0.05, 0) is 56.2 Å². The first kappa shape index (κ1) is 28.0. The Morgan fingerprint density at radius 3 is 2.49 bits per heavy atom. The molecule has 208 valence electrons. The Kier molecular flexibility index (Phi) is 9.14. The minimum atomic E-state index is -0.867. The molecular formula is C30H36N2O7. The highest BCUT2D eigenvalue weighted by Crippen LogP contribution is 2.42. The lowest BCUT2D eigenvalue weighted by molar-refractivity contribution is -0.895. The number of hydrogen-bond acceptors (Lipinski definition) is 7. The van der Waals surface area contributed by atoms with Gasteiger partial charge in [0.1, 0.15) is 19.8 Å². The first-order valence-electron chi connectivity index (χ1n) is 13.4. The summed E-state index contributed by atoms with van der Waals surface area (Å²) in [4.78, 5) is 29.6. The van der Waals surface area contributed by atoms with Gasteiger partial charge in [0.15, 0.2) is 23.0 Å². The lowest BCUT2D eigenvalue weighted by Gasteiger charge is -2.29. The van der Waals surface area contributed by atoms with E-state index >= 15 is 0 Å². The highest BCUT2D eigenvalue weighted by atomic mass is 16.6. The van der Waals surface area contributed by atoms with Gasteiger partial charge in [0, 0.05) is 5.57 Å². The van der Waals surface area contributed by atoms with E-state index in [4.69, 9.17) is 18.9 Å². The minimum Gasteiger partial charge on any atom is -0.872 e. The number of hydrogen-bond donors (Lipinski definition) is 1. The second kappa shape index (κ2) is 12.7. The third-order valence-electron chi connectivity index (χ3n) is 6.98. The van der Waals surface area contributed by atoms with Gasteiger partial charge in [-0.1, -0.05) is 30.5 Å². The van der Waals surface area contributed by atoms with E-state index in [-0.39, 0.29) is 11.1 Å². The van der Waals surface area contributed by atoms with Crippen molar-refractivity contribution in [1.82, 2.24) is 4.90 Å². The molecule has 2 aromatic carbocycles. The fraction of sp³-hybridized carbons (Fsp3) is 0.400. The number of likely N-dealkylation sites (tertiary alicyclic amines) is 1. The van der Waals surface area contributed by atoms with Gasteiger partial charge < -0.3 is 33.9 Å². The minimum absolute atomic E-state index is 0.0894. The van der Waals surface area contributed by atoms with Crippen LogP contribution in [0.4, 0.5) is 0 Å². The van der Waals surface area contributed by atoms with E-state index in [2.05, 4.69) is 20.4 Å². The molecular weight excluding hydrogens is 500 g/mol. The Balaban J connectivity index is 1.82. The molecule has 39 heavy (non-hydrogen) atoms. The quantitative estimate of drug-likeness (QED) is 0.190. The van der Waals surface area contributed by atoms with E-state index in [1.807, 2.05) is 6.92 Å². The second-order valence-electron chi connectivity index (χ2n) is 9.28. The Morgan fingerprint density at radius 1 is 1.05 bits per heavy atom. The van der Waals surface area contributed by atoms with Crippen LogP contribution in [0, 0.1) is 0 Å². The number of nitrogens with one attached hydrogen (secondary N) is 1. The summed E-state index contributed by atoms with van der Waals surface area (Å²) in [6.07, 6.45) is 1.63. The first-order chi connectivity index (χ1) is 18.9. The molecule has 0 aliphatic carbocycles. The average molecular weight is 537 g/mol.